The van der Waals surface area contributed by atoms with Crippen molar-refractivity contribution in [2.45, 2.75) is 55.7 Å². The first-order chi connectivity index (χ1) is 35.4. The van der Waals surface area contributed by atoms with Gasteiger partial charge in [-0.3, -0.25) is 9.59 Å². The molecule has 0 N–H and O–H groups in total. The van der Waals surface area contributed by atoms with E-state index in [4.69, 9.17) is 33.5 Å². The maximum atomic E-state index is 15.7. The molecule has 2 heterocycles. The van der Waals surface area contributed by atoms with Gasteiger partial charge >= 0.3 is 6.18 Å². The number of pyridine rings is 1. The van der Waals surface area contributed by atoms with Gasteiger partial charge < -0.3 is 19.1 Å². The van der Waals surface area contributed by atoms with Gasteiger partial charge in [0.25, 0.3) is 0 Å². The zero-order valence-electron chi connectivity index (χ0n) is 52.3. The second-order valence-electron chi connectivity index (χ2n) is 10.9. The van der Waals surface area contributed by atoms with E-state index in [0.29, 0.717) is 0 Å². The molecule has 0 saturated carbocycles. The molecule has 278 valence electrons. The van der Waals surface area contributed by atoms with E-state index in [1.807, 2.05) is 0 Å². The molecule has 6 nitrogen and oxygen atoms in total. The van der Waals surface area contributed by atoms with Crippen molar-refractivity contribution in [2.24, 2.45) is 0 Å². The number of benzene rings is 4. The van der Waals surface area contributed by atoms with Crippen LogP contribution in [0, 0.1) is 18.6 Å². The summed E-state index contributed by atoms with van der Waals surface area (Å²) in [4.78, 5) is 30.5. The molecule has 53 heavy (non-hydrogen) atoms. The summed E-state index contributed by atoms with van der Waals surface area (Å²) in [5, 5.41) is -2.80. The summed E-state index contributed by atoms with van der Waals surface area (Å²) in [6.45, 7) is -15.1. The minimum absolute atomic E-state index is 0.0799. The molecule has 0 radical (unpaired) electrons. The molecule has 1 amide bonds. The lowest BCUT2D eigenvalue weighted by molar-refractivity contribution is -0.138. The van der Waals surface area contributed by atoms with Gasteiger partial charge in [-0.05, 0) is 66.2 Å². The lowest BCUT2D eigenvalue weighted by Gasteiger charge is -2.39. The SMILES string of the molecule is [2H]c1c([2H])c(F)c(F)c(C([2H])([2H])Sc2c([2H])c(=O)c3c([2H])c([2H])c([2H])c([2H])c3n2C([2H])([2H])C(=O)N(C2CCN(C([2H])([2H])C([2H])([2H])OC)CC2)C([2H])([2H])c2c([2H])c([2H])c(-c3c([2H])c([2H])c(C(F)(F)F)c(C)c3[2H])c([2H])c2[2H])c1[2H]. The van der Waals surface area contributed by atoms with E-state index in [2.05, 4.69) is 0 Å². The molecule has 1 aliphatic heterocycles. The maximum absolute atomic E-state index is 15.7. The topological polar surface area (TPSA) is 54.8 Å². The van der Waals surface area contributed by atoms with Crippen LogP contribution in [0.1, 0.15) is 69.4 Å². The van der Waals surface area contributed by atoms with E-state index in [1.165, 1.54) is 0 Å². The molecule has 0 unspecified atom stereocenters. The van der Waals surface area contributed by atoms with Crippen molar-refractivity contribution in [1.29, 1.82) is 0 Å². The van der Waals surface area contributed by atoms with E-state index >= 15 is 13.6 Å². The average Bonchev–Trinajstić information content (AvgIpc) is 3.37. The highest BCUT2D eigenvalue weighted by molar-refractivity contribution is 7.98. The summed E-state index contributed by atoms with van der Waals surface area (Å²) in [5.41, 5.74) is -15.0. The first-order valence-electron chi connectivity index (χ1n) is 27.7. The van der Waals surface area contributed by atoms with Gasteiger partial charge in [-0.25, -0.2) is 8.78 Å². The van der Waals surface area contributed by atoms with Crippen LogP contribution in [-0.2, 0) is 34.4 Å². The highest BCUT2D eigenvalue weighted by Crippen LogP contribution is 2.34. The van der Waals surface area contributed by atoms with Crippen molar-refractivity contribution in [1.82, 2.24) is 14.4 Å². The highest BCUT2D eigenvalue weighted by atomic mass is 32.2. The van der Waals surface area contributed by atoms with Crippen molar-refractivity contribution >= 4 is 28.6 Å². The molecule has 0 aliphatic carbocycles. The fourth-order valence-electron chi connectivity index (χ4n) is 5.00. The standard InChI is InChI=1S/C41H40F5N3O3S/c1-27-22-30(14-15-34(27)41(44,45)46)29-12-10-28(11-13-29)24-48(32-16-18-47(19-17-32)20-21-52-2)38(51)25-49-36-9-4-3-7-33(36)37(50)23-39(49)53-26-31-6-5-8-35(42)40(31)43/h3-15,22-23,32H,16-21,24-26H2,1-2H3/i3D,4D,5D,6D,7D,8D,9D,10D,11D,12D,13D,14D,15D,20D2,21D2,22D,23D,24D2,25D2,26D2. The zero-order valence-corrected chi connectivity index (χ0v) is 28.1. The molecule has 1 aromatic heterocycles. The third-order valence-electron chi connectivity index (χ3n) is 7.52. The summed E-state index contributed by atoms with van der Waals surface area (Å²) in [5.74, 6) is -6.76. The smallest absolute Gasteiger partial charge is 0.383 e. The Morgan fingerprint density at radius 2 is 1.70 bits per heavy atom. The van der Waals surface area contributed by atoms with Crippen molar-refractivity contribution in [3.05, 3.63) is 135 Å². The number of alkyl halides is 3. The lowest BCUT2D eigenvalue weighted by Crippen LogP contribution is -2.48. The number of para-hydroxylation sites is 1. The van der Waals surface area contributed by atoms with Gasteiger partial charge in [0, 0.05) is 67.4 Å². The number of hydrogen-bond acceptors (Lipinski definition) is 5. The van der Waals surface area contributed by atoms with Crippen LogP contribution in [0.25, 0.3) is 22.0 Å². The predicted octanol–water partition coefficient (Wildman–Crippen LogP) is 8.71. The van der Waals surface area contributed by atoms with Crippen LogP contribution < -0.4 is 5.43 Å². The largest absolute Gasteiger partial charge is 0.416 e. The number of likely N-dealkylation sites (tertiary alicyclic amines) is 1. The van der Waals surface area contributed by atoms with Gasteiger partial charge in [-0.15, -0.1) is 11.8 Å². The molecule has 1 saturated heterocycles. The van der Waals surface area contributed by atoms with Crippen LogP contribution in [0.2, 0.25) is 0 Å². The van der Waals surface area contributed by atoms with Crippen LogP contribution in [0.15, 0.2) is 100 Å². The van der Waals surface area contributed by atoms with Crippen LogP contribution in [0.4, 0.5) is 22.0 Å². The monoisotopic (exact) mass is 774 g/mol. The fraction of sp³-hybridized carbons (Fsp3) is 0.317. The molecule has 0 bridgehead atoms. The second-order valence-corrected chi connectivity index (χ2v) is 11.7. The summed E-state index contributed by atoms with van der Waals surface area (Å²) < 4.78 is 295. The predicted molar refractivity (Wildman–Crippen MR) is 198 cm³/mol. The summed E-state index contributed by atoms with van der Waals surface area (Å²) in [7, 11) is 0.827. The van der Waals surface area contributed by atoms with Gasteiger partial charge in [-0.1, -0.05) is 60.4 Å². The number of piperidine rings is 1. The fourth-order valence-corrected chi connectivity index (χ4v) is 5.71. The number of aromatic nitrogens is 1. The van der Waals surface area contributed by atoms with Gasteiger partial charge in [-0.2, -0.15) is 13.2 Å². The Morgan fingerprint density at radius 3 is 2.42 bits per heavy atom. The van der Waals surface area contributed by atoms with Gasteiger partial charge in [0.2, 0.25) is 5.91 Å². The van der Waals surface area contributed by atoms with E-state index in [1.54, 1.807) is 0 Å². The minimum Gasteiger partial charge on any atom is -0.383 e. The number of methoxy groups -OCH3 is 1. The van der Waals surface area contributed by atoms with Gasteiger partial charge in [0.1, 0.15) is 6.50 Å². The molecule has 12 heteroatoms. The number of carbonyl (C=O) groups is 1. The van der Waals surface area contributed by atoms with Crippen molar-refractivity contribution in [3.8, 4) is 11.1 Å². The Hall–Kier alpha value is -4.52. The normalized spacial score (nSPS) is 22.3. The zero-order chi connectivity index (χ0) is 59.7. The summed E-state index contributed by atoms with van der Waals surface area (Å²) in [6, 6.07) is -23.1. The lowest BCUT2D eigenvalue weighted by atomic mass is 9.98. The van der Waals surface area contributed by atoms with Gasteiger partial charge in [0.15, 0.2) is 17.1 Å². The summed E-state index contributed by atoms with van der Waals surface area (Å²) in [6.07, 6.45) is -6.79. The first-order valence-corrected chi connectivity index (χ1v) is 16.0. The van der Waals surface area contributed by atoms with Crippen LogP contribution in [-0.4, -0.2) is 59.6 Å². The Bertz CT molecular complexity index is 3340. The molecule has 0 spiro atoms. The number of halogens is 5. The summed E-state index contributed by atoms with van der Waals surface area (Å²) >= 11 is -0.656. The Kier molecular flexibility index (Phi) is 5.58. The minimum atomic E-state index is -5.31. The first kappa shape index (κ1) is 17.7. The van der Waals surface area contributed by atoms with Crippen molar-refractivity contribution in [3.63, 3.8) is 0 Å². The van der Waals surface area contributed by atoms with E-state index < -0.39 is 245 Å². The van der Waals surface area contributed by atoms with Crippen molar-refractivity contribution < 1.29 is 65.8 Å². The molecule has 4 aromatic carbocycles. The molecule has 1 fully saturated rings. The number of nitrogens with zero attached hydrogens (tertiary/aromatic N) is 3. The number of hydrogen-bond donors (Lipinski definition) is 0. The highest BCUT2D eigenvalue weighted by Gasteiger charge is 2.32. The number of thioether (sulfide) groups is 1. The number of rotatable bonds is 12. The Labute approximate surface area is 344 Å². The number of fused-ring (bicyclic) bond motifs is 1. The molecule has 5 aromatic rings. The van der Waals surface area contributed by atoms with E-state index in [9.17, 15) is 23.4 Å². The molecular formula is C41H40F5N3O3S. The number of amides is 1. The van der Waals surface area contributed by atoms with E-state index in [0.717, 1.165) is 18.9 Å². The molecule has 1 aliphatic rings. The molecular weight excluding hydrogens is 710 g/mol. The quantitative estimate of drug-likeness (QED) is 0.0939. The van der Waals surface area contributed by atoms with E-state index in [-0.39, 0.29) is 9.47 Å². The Morgan fingerprint density at radius 1 is 0.981 bits per heavy atom. The maximum Gasteiger partial charge on any atom is 0.416 e. The average molecular weight is 775 g/mol. The molecule has 6 rings (SSSR count). The number of carbonyl (C=O) groups excluding carboxylic acids is 1. The van der Waals surface area contributed by atoms with Crippen LogP contribution >= 0.6 is 11.8 Å². The Balaban J connectivity index is 1.71. The third-order valence-corrected chi connectivity index (χ3v) is 8.30. The number of ether oxygens (including phenoxy) is 1. The van der Waals surface area contributed by atoms with Crippen molar-refractivity contribution in [2.75, 3.05) is 33.3 Å². The third kappa shape index (κ3) is 9.00. The van der Waals surface area contributed by atoms with Gasteiger partial charge in [0.05, 0.1) is 51.5 Å². The van der Waals surface area contributed by atoms with Crippen LogP contribution in [0.5, 0.6) is 0 Å². The molecule has 0 atom stereocenters. The second kappa shape index (κ2) is 16.7. The van der Waals surface area contributed by atoms with Crippen LogP contribution in [0.3, 0.4) is 0 Å².